The molecular formula is C28H36N4O3. The Labute approximate surface area is 208 Å². The van der Waals surface area contributed by atoms with E-state index in [1.807, 2.05) is 22.8 Å². The number of carbonyl (C=O) groups is 1. The summed E-state index contributed by atoms with van der Waals surface area (Å²) in [5.74, 6) is 1.85. The first-order valence-electron chi connectivity index (χ1n) is 12.1. The Kier molecular flexibility index (Phi) is 7.17. The fourth-order valence-corrected chi connectivity index (χ4v) is 5.27. The minimum Gasteiger partial charge on any atom is -0.486 e. The highest BCUT2D eigenvalue weighted by molar-refractivity contribution is 5.96. The monoisotopic (exact) mass is 476 g/mol. The molecule has 3 aromatic rings. The number of fused-ring (bicyclic) bond motifs is 1. The van der Waals surface area contributed by atoms with Gasteiger partial charge < -0.3 is 19.3 Å². The Hall–Kier alpha value is -3.32. The van der Waals surface area contributed by atoms with Crippen molar-refractivity contribution in [2.45, 2.75) is 41.5 Å². The zero-order valence-electron chi connectivity index (χ0n) is 21.9. The summed E-state index contributed by atoms with van der Waals surface area (Å²) in [6.45, 7) is 15.7. The van der Waals surface area contributed by atoms with E-state index in [1.54, 1.807) is 0 Å². The van der Waals surface area contributed by atoms with Crippen molar-refractivity contribution < 1.29 is 14.3 Å². The molecule has 2 aliphatic heterocycles. The summed E-state index contributed by atoms with van der Waals surface area (Å²) in [5.41, 5.74) is 9.74. The minimum absolute atomic E-state index is 0.0568. The van der Waals surface area contributed by atoms with Crippen molar-refractivity contribution >= 4 is 23.1 Å². The van der Waals surface area contributed by atoms with Crippen LogP contribution in [0.4, 0.5) is 17.2 Å². The SMILES string of the molecule is Cc1cc(C)c(N2CCOCC2=O)c(C)c1.Cc1cc(C)c(N2CCOc3cn(C)nc32)c(C)c1. The van der Waals surface area contributed by atoms with Crippen LogP contribution in [0.1, 0.15) is 33.4 Å². The number of anilines is 3. The van der Waals surface area contributed by atoms with Crippen molar-refractivity contribution in [1.29, 1.82) is 0 Å². The Morgan fingerprint density at radius 3 is 1.83 bits per heavy atom. The molecule has 7 nitrogen and oxygen atoms in total. The van der Waals surface area contributed by atoms with Crippen LogP contribution in [0.3, 0.4) is 0 Å². The second kappa shape index (κ2) is 10.1. The number of carbonyl (C=O) groups excluding carboxylic acids is 1. The van der Waals surface area contributed by atoms with Gasteiger partial charge in [0.05, 0.1) is 19.3 Å². The molecule has 0 unspecified atom stereocenters. The molecule has 0 spiro atoms. The van der Waals surface area contributed by atoms with Gasteiger partial charge in [-0.3, -0.25) is 9.48 Å². The average molecular weight is 477 g/mol. The number of benzene rings is 2. The van der Waals surface area contributed by atoms with E-state index in [0.717, 1.165) is 34.9 Å². The smallest absolute Gasteiger partial charge is 0.253 e. The van der Waals surface area contributed by atoms with E-state index in [-0.39, 0.29) is 12.5 Å². The van der Waals surface area contributed by atoms with Gasteiger partial charge >= 0.3 is 0 Å². The standard InChI is InChI=1S/C15H19N3O.C13H17NO2/c1-10-7-11(2)14(12(3)8-10)18-5-6-19-13-9-17(4)16-15(13)18;1-9-6-10(2)13(11(3)7-9)14-4-5-16-8-12(14)15/h7-9H,5-6H2,1-4H3;6-7H,4-5,8H2,1-3H3. The Bertz CT molecular complexity index is 1200. The molecule has 0 radical (unpaired) electrons. The number of rotatable bonds is 2. The number of aryl methyl sites for hydroxylation is 7. The summed E-state index contributed by atoms with van der Waals surface area (Å²) < 4.78 is 12.6. The lowest BCUT2D eigenvalue weighted by molar-refractivity contribution is -0.125. The third-order valence-corrected chi connectivity index (χ3v) is 6.40. The summed E-state index contributed by atoms with van der Waals surface area (Å²) in [6, 6.07) is 8.68. The Morgan fingerprint density at radius 1 is 0.771 bits per heavy atom. The van der Waals surface area contributed by atoms with Crippen molar-refractivity contribution in [2.75, 3.05) is 42.7 Å². The number of aromatic nitrogens is 2. The predicted molar refractivity (Wildman–Crippen MR) is 140 cm³/mol. The number of nitrogens with zero attached hydrogens (tertiary/aromatic N) is 4. The molecular weight excluding hydrogens is 440 g/mol. The van der Waals surface area contributed by atoms with Crippen molar-refractivity contribution in [3.63, 3.8) is 0 Å². The van der Waals surface area contributed by atoms with Crippen molar-refractivity contribution in [1.82, 2.24) is 9.78 Å². The van der Waals surface area contributed by atoms with Gasteiger partial charge in [0.15, 0.2) is 11.6 Å². The molecule has 1 amide bonds. The number of ether oxygens (including phenoxy) is 2. The Morgan fingerprint density at radius 2 is 1.29 bits per heavy atom. The van der Waals surface area contributed by atoms with Gasteiger partial charge in [-0.25, -0.2) is 0 Å². The molecule has 35 heavy (non-hydrogen) atoms. The van der Waals surface area contributed by atoms with Gasteiger partial charge in [-0.2, -0.15) is 5.10 Å². The lowest BCUT2D eigenvalue weighted by Crippen LogP contribution is -2.42. The molecule has 0 N–H and O–H groups in total. The van der Waals surface area contributed by atoms with Crippen molar-refractivity contribution in [3.8, 4) is 5.75 Å². The summed E-state index contributed by atoms with van der Waals surface area (Å²) >= 11 is 0. The molecule has 7 heteroatoms. The predicted octanol–water partition coefficient (Wildman–Crippen LogP) is 4.85. The highest BCUT2D eigenvalue weighted by Gasteiger charge is 2.25. The van der Waals surface area contributed by atoms with E-state index in [2.05, 4.69) is 75.8 Å². The maximum absolute atomic E-state index is 11.8. The molecule has 186 valence electrons. The third-order valence-electron chi connectivity index (χ3n) is 6.40. The summed E-state index contributed by atoms with van der Waals surface area (Å²) in [7, 11) is 1.93. The quantitative estimate of drug-likeness (QED) is 0.529. The van der Waals surface area contributed by atoms with Gasteiger partial charge in [-0.1, -0.05) is 35.4 Å². The molecule has 0 atom stereocenters. The zero-order valence-corrected chi connectivity index (χ0v) is 21.9. The first-order valence-corrected chi connectivity index (χ1v) is 12.1. The highest BCUT2D eigenvalue weighted by Crippen LogP contribution is 2.38. The van der Waals surface area contributed by atoms with E-state index in [0.29, 0.717) is 19.8 Å². The second-order valence-electron chi connectivity index (χ2n) is 9.58. The molecule has 2 aromatic carbocycles. The van der Waals surface area contributed by atoms with Gasteiger partial charge in [-0.15, -0.1) is 0 Å². The van der Waals surface area contributed by atoms with E-state index in [1.165, 1.54) is 27.9 Å². The maximum Gasteiger partial charge on any atom is 0.253 e. The van der Waals surface area contributed by atoms with Gasteiger partial charge in [0.25, 0.3) is 5.91 Å². The van der Waals surface area contributed by atoms with E-state index in [9.17, 15) is 4.79 Å². The summed E-state index contributed by atoms with van der Waals surface area (Å²) in [6.07, 6.45) is 1.93. The van der Waals surface area contributed by atoms with Crippen molar-refractivity contribution in [2.24, 2.45) is 7.05 Å². The van der Waals surface area contributed by atoms with E-state index < -0.39 is 0 Å². The fraction of sp³-hybridized carbons (Fsp3) is 0.429. The lowest BCUT2D eigenvalue weighted by atomic mass is 10.0. The minimum atomic E-state index is 0.0568. The molecule has 0 aliphatic carbocycles. The van der Waals surface area contributed by atoms with E-state index >= 15 is 0 Å². The molecule has 0 saturated carbocycles. The molecule has 2 aliphatic rings. The topological polar surface area (TPSA) is 59.8 Å². The number of hydrogen-bond donors (Lipinski definition) is 0. The molecule has 5 rings (SSSR count). The molecule has 1 saturated heterocycles. The number of morpholine rings is 1. The Balaban J connectivity index is 0.000000168. The normalized spacial score (nSPS) is 15.3. The average Bonchev–Trinajstić information content (AvgIpc) is 3.15. The van der Waals surface area contributed by atoms with Crippen LogP contribution in [-0.2, 0) is 16.6 Å². The van der Waals surface area contributed by atoms with Gasteiger partial charge in [0.2, 0.25) is 0 Å². The second-order valence-corrected chi connectivity index (χ2v) is 9.58. The van der Waals surface area contributed by atoms with Crippen LogP contribution in [0.2, 0.25) is 0 Å². The largest absolute Gasteiger partial charge is 0.486 e. The fourth-order valence-electron chi connectivity index (χ4n) is 5.27. The van der Waals surface area contributed by atoms with Crippen LogP contribution in [0.25, 0.3) is 0 Å². The number of amides is 1. The molecule has 1 aromatic heterocycles. The van der Waals surface area contributed by atoms with Crippen LogP contribution in [0.5, 0.6) is 5.75 Å². The van der Waals surface area contributed by atoms with Crippen LogP contribution < -0.4 is 14.5 Å². The maximum atomic E-state index is 11.8. The van der Waals surface area contributed by atoms with Crippen molar-refractivity contribution in [3.05, 3.63) is 63.8 Å². The zero-order chi connectivity index (χ0) is 25.3. The first-order chi connectivity index (χ1) is 16.7. The van der Waals surface area contributed by atoms with E-state index in [4.69, 9.17) is 9.47 Å². The van der Waals surface area contributed by atoms with Gasteiger partial charge in [0.1, 0.15) is 13.2 Å². The lowest BCUT2D eigenvalue weighted by Gasteiger charge is -2.30. The van der Waals surface area contributed by atoms with Gasteiger partial charge in [-0.05, 0) is 63.8 Å². The summed E-state index contributed by atoms with van der Waals surface area (Å²) in [4.78, 5) is 15.9. The number of hydrogen-bond acceptors (Lipinski definition) is 5. The van der Waals surface area contributed by atoms with Crippen LogP contribution >= 0.6 is 0 Å². The van der Waals surface area contributed by atoms with Crippen LogP contribution in [0.15, 0.2) is 30.5 Å². The third kappa shape index (κ3) is 5.20. The molecule has 3 heterocycles. The first kappa shape index (κ1) is 24.8. The summed E-state index contributed by atoms with van der Waals surface area (Å²) in [5, 5.41) is 4.53. The van der Waals surface area contributed by atoms with Gasteiger partial charge in [0, 0.05) is 25.0 Å². The molecule has 1 fully saturated rings. The van der Waals surface area contributed by atoms with Crippen LogP contribution in [-0.4, -0.2) is 48.6 Å². The molecule has 0 bridgehead atoms. The van der Waals surface area contributed by atoms with Crippen LogP contribution in [0, 0.1) is 41.5 Å². The highest BCUT2D eigenvalue weighted by atomic mass is 16.5.